The number of aliphatic hydroxyl groups excluding tert-OH is 1. The zero-order valence-corrected chi connectivity index (χ0v) is 18.5. The van der Waals surface area contributed by atoms with Crippen molar-refractivity contribution >= 4 is 12.6 Å². The highest BCUT2D eigenvalue weighted by molar-refractivity contribution is 6.62. The molecule has 29 heavy (non-hydrogen) atoms. The first-order valence-electron chi connectivity index (χ1n) is 10.4. The highest BCUT2D eigenvalue weighted by Gasteiger charge is 2.51. The van der Waals surface area contributed by atoms with E-state index >= 15 is 0 Å². The summed E-state index contributed by atoms with van der Waals surface area (Å²) >= 11 is 0. The first kappa shape index (κ1) is 21.9. The Hall–Kier alpha value is -1.82. The van der Waals surface area contributed by atoms with Crippen LogP contribution in [0.15, 0.2) is 42.5 Å². The summed E-state index contributed by atoms with van der Waals surface area (Å²) in [5.41, 5.74) is 3.88. The molecule has 1 aliphatic rings. The molecule has 0 amide bonds. The molecule has 5 heteroatoms. The van der Waals surface area contributed by atoms with Gasteiger partial charge in [-0.15, -0.1) is 0 Å². The van der Waals surface area contributed by atoms with Crippen LogP contribution in [0.25, 0.3) is 0 Å². The summed E-state index contributed by atoms with van der Waals surface area (Å²) in [6.45, 7) is 13.2. The summed E-state index contributed by atoms with van der Waals surface area (Å²) in [5.74, 6) is 1.25. The predicted octanol–water partition coefficient (Wildman–Crippen LogP) is 4.22. The van der Waals surface area contributed by atoms with Crippen molar-refractivity contribution in [2.24, 2.45) is 0 Å². The van der Waals surface area contributed by atoms with E-state index in [4.69, 9.17) is 14.0 Å². The predicted molar refractivity (Wildman–Crippen MR) is 118 cm³/mol. The van der Waals surface area contributed by atoms with E-state index in [0.717, 1.165) is 16.8 Å². The molecule has 1 fully saturated rings. The summed E-state index contributed by atoms with van der Waals surface area (Å²) in [5, 5.41) is 9.35. The van der Waals surface area contributed by atoms with Gasteiger partial charge in [0.25, 0.3) is 0 Å². The van der Waals surface area contributed by atoms with Crippen molar-refractivity contribution in [1.29, 1.82) is 0 Å². The molecule has 4 nitrogen and oxygen atoms in total. The van der Waals surface area contributed by atoms with Crippen molar-refractivity contribution < 1.29 is 19.2 Å². The van der Waals surface area contributed by atoms with Crippen LogP contribution >= 0.6 is 0 Å². The first-order valence-corrected chi connectivity index (χ1v) is 10.4. The lowest BCUT2D eigenvalue weighted by atomic mass is 9.79. The third-order valence-corrected chi connectivity index (χ3v) is 6.02. The summed E-state index contributed by atoms with van der Waals surface area (Å²) in [4.78, 5) is 0. The third-order valence-electron chi connectivity index (χ3n) is 6.02. The Balaban J connectivity index is 1.65. The Bertz CT molecular complexity index is 811. The van der Waals surface area contributed by atoms with E-state index in [1.807, 2.05) is 24.3 Å². The average molecular weight is 396 g/mol. The molecule has 1 saturated heterocycles. The van der Waals surface area contributed by atoms with Crippen LogP contribution in [0, 0.1) is 0 Å². The van der Waals surface area contributed by atoms with Crippen LogP contribution < -0.4 is 10.2 Å². The van der Waals surface area contributed by atoms with E-state index in [1.54, 1.807) is 0 Å². The smallest absolute Gasteiger partial charge is 0.489 e. The van der Waals surface area contributed by atoms with Crippen LogP contribution in [0.4, 0.5) is 0 Å². The fraction of sp³-hybridized carbons (Fsp3) is 0.500. The number of ether oxygens (including phenoxy) is 1. The zero-order chi connectivity index (χ0) is 21.2. The van der Waals surface area contributed by atoms with Gasteiger partial charge >= 0.3 is 7.12 Å². The van der Waals surface area contributed by atoms with E-state index < -0.39 is 0 Å². The zero-order valence-electron chi connectivity index (χ0n) is 18.5. The average Bonchev–Trinajstić information content (AvgIpc) is 2.88. The first-order chi connectivity index (χ1) is 13.6. The molecule has 0 aromatic heterocycles. The Morgan fingerprint density at radius 1 is 0.966 bits per heavy atom. The lowest BCUT2D eigenvalue weighted by molar-refractivity contribution is 0.00578. The van der Waals surface area contributed by atoms with E-state index in [9.17, 15) is 5.11 Å². The van der Waals surface area contributed by atoms with Gasteiger partial charge in [0.1, 0.15) is 12.4 Å². The maximum Gasteiger partial charge on any atom is 0.494 e. The normalized spacial score (nSPS) is 17.7. The van der Waals surface area contributed by atoms with Crippen LogP contribution in [0.1, 0.15) is 64.2 Å². The van der Waals surface area contributed by atoms with Crippen molar-refractivity contribution in [3.63, 3.8) is 0 Å². The molecule has 0 bridgehead atoms. The second-order valence-electron chi connectivity index (χ2n) is 9.11. The fourth-order valence-electron chi connectivity index (χ4n) is 3.52. The Morgan fingerprint density at radius 3 is 2.14 bits per heavy atom. The van der Waals surface area contributed by atoms with Gasteiger partial charge in [-0.3, -0.25) is 0 Å². The molecule has 0 unspecified atom stereocenters. The van der Waals surface area contributed by atoms with Gasteiger partial charge in [-0.2, -0.15) is 0 Å². The Kier molecular flexibility index (Phi) is 6.42. The molecule has 1 N–H and O–H groups in total. The molecular weight excluding hydrogens is 363 g/mol. The van der Waals surface area contributed by atoms with E-state index in [1.165, 1.54) is 11.1 Å². The molecule has 0 atom stereocenters. The quantitative estimate of drug-likeness (QED) is 0.712. The molecule has 0 saturated carbocycles. The topological polar surface area (TPSA) is 47.9 Å². The standard InChI is InChI=1S/C24H33BO4/c1-17(2)22-12-7-18(15-19(22)13-14-26)16-27-21-10-8-20(9-11-21)25-28-23(3,4)24(5,6)29-25/h7-12,15,17,26H,13-14,16H2,1-6H3. The van der Waals surface area contributed by atoms with Crippen LogP contribution in [0.3, 0.4) is 0 Å². The number of rotatable bonds is 7. The highest BCUT2D eigenvalue weighted by atomic mass is 16.7. The number of hydrogen-bond acceptors (Lipinski definition) is 4. The highest BCUT2D eigenvalue weighted by Crippen LogP contribution is 2.36. The van der Waals surface area contributed by atoms with Gasteiger partial charge in [-0.1, -0.05) is 44.2 Å². The van der Waals surface area contributed by atoms with Gasteiger partial charge in [0, 0.05) is 6.61 Å². The van der Waals surface area contributed by atoms with Crippen LogP contribution in [0.5, 0.6) is 5.75 Å². The van der Waals surface area contributed by atoms with Crippen molar-refractivity contribution in [3.05, 3.63) is 59.2 Å². The maximum absolute atomic E-state index is 9.35. The lowest BCUT2D eigenvalue weighted by Crippen LogP contribution is -2.41. The van der Waals surface area contributed by atoms with Gasteiger partial charge in [-0.05, 0) is 74.3 Å². The van der Waals surface area contributed by atoms with Gasteiger partial charge in [-0.25, -0.2) is 0 Å². The van der Waals surface area contributed by atoms with Crippen molar-refractivity contribution in [2.45, 2.75) is 71.7 Å². The summed E-state index contributed by atoms with van der Waals surface area (Å²) in [6.07, 6.45) is 0.671. The monoisotopic (exact) mass is 396 g/mol. The largest absolute Gasteiger partial charge is 0.494 e. The van der Waals surface area contributed by atoms with Gasteiger partial charge < -0.3 is 19.2 Å². The van der Waals surface area contributed by atoms with Gasteiger partial charge in [0.15, 0.2) is 0 Å². The summed E-state index contributed by atoms with van der Waals surface area (Å²) in [7, 11) is -0.362. The van der Waals surface area contributed by atoms with Gasteiger partial charge in [0.2, 0.25) is 0 Å². The minimum Gasteiger partial charge on any atom is -0.489 e. The van der Waals surface area contributed by atoms with Crippen molar-refractivity contribution in [2.75, 3.05) is 6.61 Å². The molecule has 0 spiro atoms. The van der Waals surface area contributed by atoms with E-state index in [-0.39, 0.29) is 24.9 Å². The van der Waals surface area contributed by atoms with Crippen LogP contribution in [0.2, 0.25) is 0 Å². The summed E-state index contributed by atoms with van der Waals surface area (Å²) < 4.78 is 18.2. The SMILES string of the molecule is CC(C)c1ccc(COc2ccc(B3OC(C)(C)C(C)(C)O3)cc2)cc1CCO. The molecule has 1 aliphatic heterocycles. The molecular formula is C24H33BO4. The minimum atomic E-state index is -0.362. The second-order valence-corrected chi connectivity index (χ2v) is 9.11. The Morgan fingerprint density at radius 2 is 1.59 bits per heavy atom. The second kappa shape index (κ2) is 8.51. The fourth-order valence-corrected chi connectivity index (χ4v) is 3.52. The Labute approximate surface area is 175 Å². The van der Waals surface area contributed by atoms with Crippen molar-refractivity contribution in [3.8, 4) is 5.75 Å². The maximum atomic E-state index is 9.35. The molecule has 2 aromatic carbocycles. The molecule has 2 aromatic rings. The molecule has 1 heterocycles. The third kappa shape index (κ3) is 4.85. The molecule has 0 radical (unpaired) electrons. The summed E-state index contributed by atoms with van der Waals surface area (Å²) in [6, 6.07) is 14.3. The molecule has 0 aliphatic carbocycles. The lowest BCUT2D eigenvalue weighted by Gasteiger charge is -2.32. The van der Waals surface area contributed by atoms with Crippen molar-refractivity contribution in [1.82, 2.24) is 0 Å². The number of hydrogen-bond donors (Lipinski definition) is 1. The van der Waals surface area contributed by atoms with Crippen LogP contribution in [-0.4, -0.2) is 30.0 Å². The minimum absolute atomic E-state index is 0.157. The van der Waals surface area contributed by atoms with Gasteiger partial charge in [0.05, 0.1) is 11.2 Å². The van der Waals surface area contributed by atoms with Crippen LogP contribution in [-0.2, 0) is 22.3 Å². The number of benzene rings is 2. The molecule has 3 rings (SSSR count). The number of aliphatic hydroxyl groups is 1. The molecule has 156 valence electrons. The van der Waals surface area contributed by atoms with E-state index in [0.29, 0.717) is 18.9 Å². The van der Waals surface area contributed by atoms with E-state index in [2.05, 4.69) is 59.7 Å².